The molecule has 0 aliphatic rings. The normalized spacial score (nSPS) is 10.3. The number of benzene rings is 2. The van der Waals surface area contributed by atoms with Gasteiger partial charge < -0.3 is 5.11 Å². The number of halogens is 2. The highest BCUT2D eigenvalue weighted by molar-refractivity contribution is 6.33. The van der Waals surface area contributed by atoms with Crippen molar-refractivity contribution in [1.29, 1.82) is 0 Å². The van der Waals surface area contributed by atoms with Gasteiger partial charge in [0.1, 0.15) is 5.82 Å². The lowest BCUT2D eigenvalue weighted by atomic mass is 10.0. The highest BCUT2D eigenvalue weighted by Gasteiger charge is 2.09. The molecule has 0 atom stereocenters. The first-order chi connectivity index (χ1) is 8.58. The van der Waals surface area contributed by atoms with Gasteiger partial charge in [0.15, 0.2) is 0 Å². The van der Waals surface area contributed by atoms with E-state index in [4.69, 9.17) is 16.7 Å². The monoisotopic (exact) mass is 264 g/mol. The van der Waals surface area contributed by atoms with Crippen molar-refractivity contribution in [3.05, 3.63) is 58.9 Å². The average Bonchev–Trinajstić information content (AvgIpc) is 2.30. The first-order valence-electron chi connectivity index (χ1n) is 5.33. The SMILES string of the molecule is O=C(O)Cc1ccc(-c2ccccc2F)c(Cl)c1. The van der Waals surface area contributed by atoms with Crippen LogP contribution < -0.4 is 0 Å². The Bertz CT molecular complexity index is 596. The number of aliphatic carboxylic acids is 1. The van der Waals surface area contributed by atoms with Gasteiger partial charge in [-0.15, -0.1) is 0 Å². The van der Waals surface area contributed by atoms with E-state index in [9.17, 15) is 9.18 Å². The molecule has 0 aromatic heterocycles. The van der Waals surface area contributed by atoms with Gasteiger partial charge in [-0.05, 0) is 17.7 Å². The van der Waals surface area contributed by atoms with Crippen molar-refractivity contribution < 1.29 is 14.3 Å². The maximum absolute atomic E-state index is 13.6. The minimum absolute atomic E-state index is 0.0999. The molecular weight excluding hydrogens is 255 g/mol. The molecule has 92 valence electrons. The second-order valence-corrected chi connectivity index (χ2v) is 4.27. The Morgan fingerprint density at radius 1 is 1.17 bits per heavy atom. The van der Waals surface area contributed by atoms with Crippen molar-refractivity contribution in [2.45, 2.75) is 6.42 Å². The lowest BCUT2D eigenvalue weighted by Crippen LogP contribution is -2.00. The van der Waals surface area contributed by atoms with Crippen LogP contribution in [0.25, 0.3) is 11.1 Å². The van der Waals surface area contributed by atoms with Gasteiger partial charge in [-0.25, -0.2) is 4.39 Å². The Kier molecular flexibility index (Phi) is 3.63. The van der Waals surface area contributed by atoms with E-state index in [-0.39, 0.29) is 12.2 Å². The Hall–Kier alpha value is -1.87. The van der Waals surface area contributed by atoms with E-state index in [1.807, 2.05) is 0 Å². The molecule has 1 N–H and O–H groups in total. The van der Waals surface area contributed by atoms with E-state index in [2.05, 4.69) is 0 Å². The molecule has 0 aliphatic carbocycles. The zero-order valence-electron chi connectivity index (χ0n) is 9.36. The summed E-state index contributed by atoms with van der Waals surface area (Å²) in [5.41, 5.74) is 1.56. The first-order valence-corrected chi connectivity index (χ1v) is 5.71. The maximum atomic E-state index is 13.6. The van der Waals surface area contributed by atoms with E-state index in [0.717, 1.165) is 0 Å². The van der Waals surface area contributed by atoms with Gasteiger partial charge in [0.05, 0.1) is 6.42 Å². The second kappa shape index (κ2) is 5.19. The highest BCUT2D eigenvalue weighted by atomic mass is 35.5. The molecule has 0 unspecified atom stereocenters. The third-order valence-electron chi connectivity index (χ3n) is 2.55. The molecule has 2 aromatic carbocycles. The van der Waals surface area contributed by atoms with Gasteiger partial charge >= 0.3 is 5.97 Å². The van der Waals surface area contributed by atoms with Crippen LogP contribution in [-0.4, -0.2) is 11.1 Å². The lowest BCUT2D eigenvalue weighted by molar-refractivity contribution is -0.136. The van der Waals surface area contributed by atoms with Crippen molar-refractivity contribution in [1.82, 2.24) is 0 Å². The molecule has 0 fully saturated rings. The smallest absolute Gasteiger partial charge is 0.307 e. The molecular formula is C14H10ClFO2. The molecule has 0 saturated heterocycles. The van der Waals surface area contributed by atoms with Gasteiger partial charge in [-0.3, -0.25) is 4.79 Å². The minimum Gasteiger partial charge on any atom is -0.481 e. The molecule has 0 radical (unpaired) electrons. The van der Waals surface area contributed by atoms with E-state index >= 15 is 0 Å². The number of carboxylic acid groups (broad SMARTS) is 1. The van der Waals surface area contributed by atoms with E-state index in [0.29, 0.717) is 21.7 Å². The number of hydrogen-bond acceptors (Lipinski definition) is 1. The Morgan fingerprint density at radius 2 is 1.89 bits per heavy atom. The lowest BCUT2D eigenvalue weighted by Gasteiger charge is -2.07. The summed E-state index contributed by atoms with van der Waals surface area (Å²) in [5.74, 6) is -1.28. The van der Waals surface area contributed by atoms with Crippen LogP contribution in [0.15, 0.2) is 42.5 Å². The standard InChI is InChI=1S/C14H10ClFO2/c15-12-7-9(8-14(17)18)5-6-10(12)11-3-1-2-4-13(11)16/h1-7H,8H2,(H,17,18). The Balaban J connectivity index is 2.42. The van der Waals surface area contributed by atoms with Crippen LogP contribution in [0.3, 0.4) is 0 Å². The summed E-state index contributed by atoms with van der Waals surface area (Å²) in [6, 6.07) is 11.1. The van der Waals surface area contributed by atoms with Gasteiger partial charge in [0.25, 0.3) is 0 Å². The van der Waals surface area contributed by atoms with Crippen LogP contribution in [0, 0.1) is 5.82 Å². The zero-order chi connectivity index (χ0) is 13.1. The summed E-state index contributed by atoms with van der Waals surface area (Å²) in [5, 5.41) is 9.03. The number of hydrogen-bond donors (Lipinski definition) is 1. The summed E-state index contributed by atoms with van der Waals surface area (Å²) >= 11 is 6.06. The van der Waals surface area contributed by atoms with Crippen LogP contribution in [0.5, 0.6) is 0 Å². The van der Waals surface area contributed by atoms with E-state index in [1.54, 1.807) is 36.4 Å². The van der Waals surface area contributed by atoms with Gasteiger partial charge in [-0.2, -0.15) is 0 Å². The third kappa shape index (κ3) is 2.68. The Morgan fingerprint density at radius 3 is 2.50 bits per heavy atom. The number of rotatable bonds is 3. The molecule has 2 nitrogen and oxygen atoms in total. The molecule has 2 aromatic rings. The summed E-state index contributed by atoms with van der Waals surface area (Å²) < 4.78 is 13.6. The predicted molar refractivity (Wildman–Crippen MR) is 68.2 cm³/mol. The van der Waals surface area contributed by atoms with Crippen molar-refractivity contribution in [2.24, 2.45) is 0 Å². The molecule has 0 aliphatic heterocycles. The maximum Gasteiger partial charge on any atom is 0.307 e. The average molecular weight is 265 g/mol. The fourth-order valence-electron chi connectivity index (χ4n) is 1.74. The van der Waals surface area contributed by atoms with Crippen molar-refractivity contribution in [3.8, 4) is 11.1 Å². The van der Waals surface area contributed by atoms with Crippen molar-refractivity contribution in [2.75, 3.05) is 0 Å². The van der Waals surface area contributed by atoms with Crippen LogP contribution in [0.4, 0.5) is 4.39 Å². The fraction of sp³-hybridized carbons (Fsp3) is 0.0714. The quantitative estimate of drug-likeness (QED) is 0.916. The molecule has 0 amide bonds. The summed E-state index contributed by atoms with van der Waals surface area (Å²) in [4.78, 5) is 10.6. The van der Waals surface area contributed by atoms with Gasteiger partial charge in [0.2, 0.25) is 0 Å². The molecule has 0 bridgehead atoms. The number of carbonyl (C=O) groups is 1. The largest absolute Gasteiger partial charge is 0.481 e. The van der Waals surface area contributed by atoms with Gasteiger partial charge in [0, 0.05) is 16.1 Å². The minimum atomic E-state index is -0.926. The topological polar surface area (TPSA) is 37.3 Å². The molecule has 4 heteroatoms. The van der Waals surface area contributed by atoms with Crippen LogP contribution in [0.2, 0.25) is 5.02 Å². The van der Waals surface area contributed by atoms with Crippen molar-refractivity contribution in [3.63, 3.8) is 0 Å². The van der Waals surface area contributed by atoms with Crippen molar-refractivity contribution >= 4 is 17.6 Å². The van der Waals surface area contributed by atoms with Crippen LogP contribution in [0.1, 0.15) is 5.56 Å². The van der Waals surface area contributed by atoms with E-state index < -0.39 is 5.97 Å². The summed E-state index contributed by atoms with van der Waals surface area (Å²) in [6.45, 7) is 0. The zero-order valence-corrected chi connectivity index (χ0v) is 10.1. The molecule has 2 rings (SSSR count). The number of carboxylic acids is 1. The van der Waals surface area contributed by atoms with E-state index in [1.165, 1.54) is 6.07 Å². The molecule has 18 heavy (non-hydrogen) atoms. The highest BCUT2D eigenvalue weighted by Crippen LogP contribution is 2.30. The molecule has 0 spiro atoms. The fourth-order valence-corrected chi connectivity index (χ4v) is 2.05. The van der Waals surface area contributed by atoms with Crippen LogP contribution >= 0.6 is 11.6 Å². The van der Waals surface area contributed by atoms with Gasteiger partial charge in [-0.1, -0.05) is 41.9 Å². The first kappa shape index (κ1) is 12.6. The molecule has 0 saturated carbocycles. The van der Waals surface area contributed by atoms with Crippen LogP contribution in [-0.2, 0) is 11.2 Å². The predicted octanol–water partition coefficient (Wildman–Crippen LogP) is 3.77. The third-order valence-corrected chi connectivity index (χ3v) is 2.87. The summed E-state index contributed by atoms with van der Waals surface area (Å²) in [7, 11) is 0. The molecule has 0 heterocycles. The second-order valence-electron chi connectivity index (χ2n) is 3.86. The Labute approximate surface area is 109 Å². The summed E-state index contributed by atoms with van der Waals surface area (Å²) in [6.07, 6.45) is -0.0999.